The molecule has 0 aliphatic carbocycles. The standard InChI is InChI=1S/C14H15FN2O/c1-3-17(4-2)14-11(9-18)8-10-6-5-7-12(15)13(10)16-14/h5-9H,3-4H2,1-2H3. The summed E-state index contributed by atoms with van der Waals surface area (Å²) in [6.45, 7) is 5.41. The van der Waals surface area contributed by atoms with E-state index in [1.54, 1.807) is 18.2 Å². The number of carbonyl (C=O) groups excluding carboxylic acids is 1. The van der Waals surface area contributed by atoms with Crippen LogP contribution in [0, 0.1) is 5.82 Å². The third kappa shape index (κ3) is 2.06. The van der Waals surface area contributed by atoms with Gasteiger partial charge in [0.05, 0.1) is 5.56 Å². The van der Waals surface area contributed by atoms with Gasteiger partial charge in [-0.15, -0.1) is 0 Å². The Bertz CT molecular complexity index is 579. The number of hydrogen-bond acceptors (Lipinski definition) is 3. The molecule has 94 valence electrons. The molecule has 0 N–H and O–H groups in total. The van der Waals surface area contributed by atoms with Crippen molar-refractivity contribution >= 4 is 23.0 Å². The van der Waals surface area contributed by atoms with E-state index < -0.39 is 0 Å². The van der Waals surface area contributed by atoms with Crippen molar-refractivity contribution in [2.45, 2.75) is 13.8 Å². The number of hydrogen-bond donors (Lipinski definition) is 0. The van der Waals surface area contributed by atoms with Gasteiger partial charge in [0, 0.05) is 18.5 Å². The van der Waals surface area contributed by atoms with Gasteiger partial charge in [0.25, 0.3) is 0 Å². The van der Waals surface area contributed by atoms with Crippen LogP contribution in [0.2, 0.25) is 0 Å². The lowest BCUT2D eigenvalue weighted by molar-refractivity contribution is 0.112. The van der Waals surface area contributed by atoms with Crippen LogP contribution in [0.15, 0.2) is 24.3 Å². The highest BCUT2D eigenvalue weighted by molar-refractivity contribution is 5.92. The minimum Gasteiger partial charge on any atom is -0.357 e. The van der Waals surface area contributed by atoms with Gasteiger partial charge in [-0.1, -0.05) is 12.1 Å². The Morgan fingerprint density at radius 1 is 1.33 bits per heavy atom. The summed E-state index contributed by atoms with van der Waals surface area (Å²) in [6.07, 6.45) is 0.769. The molecular weight excluding hydrogens is 231 g/mol. The van der Waals surface area contributed by atoms with Crippen molar-refractivity contribution in [1.29, 1.82) is 0 Å². The lowest BCUT2D eigenvalue weighted by atomic mass is 10.1. The first-order chi connectivity index (χ1) is 8.71. The van der Waals surface area contributed by atoms with Gasteiger partial charge in [-0.2, -0.15) is 0 Å². The minimum atomic E-state index is -0.363. The molecule has 1 aromatic carbocycles. The number of pyridine rings is 1. The van der Waals surface area contributed by atoms with E-state index in [9.17, 15) is 9.18 Å². The Morgan fingerprint density at radius 3 is 2.67 bits per heavy atom. The van der Waals surface area contributed by atoms with Gasteiger partial charge in [0.15, 0.2) is 6.29 Å². The molecule has 1 aromatic heterocycles. The van der Waals surface area contributed by atoms with Crippen molar-refractivity contribution in [3.05, 3.63) is 35.6 Å². The van der Waals surface area contributed by atoms with Crippen LogP contribution in [0.4, 0.5) is 10.2 Å². The molecule has 1 heterocycles. The topological polar surface area (TPSA) is 33.2 Å². The number of para-hydroxylation sites is 1. The molecule has 0 spiro atoms. The van der Waals surface area contributed by atoms with Gasteiger partial charge in [-0.05, 0) is 26.0 Å². The van der Waals surface area contributed by atoms with Crippen molar-refractivity contribution in [3.8, 4) is 0 Å². The second kappa shape index (κ2) is 5.12. The summed E-state index contributed by atoms with van der Waals surface area (Å²) in [5.41, 5.74) is 0.807. The molecule has 2 aromatic rings. The van der Waals surface area contributed by atoms with Gasteiger partial charge in [-0.3, -0.25) is 4.79 Å². The molecule has 4 heteroatoms. The molecule has 0 fully saturated rings. The maximum atomic E-state index is 13.7. The fourth-order valence-electron chi connectivity index (χ4n) is 2.03. The SMILES string of the molecule is CCN(CC)c1nc2c(F)cccc2cc1C=O. The van der Waals surface area contributed by atoms with Crippen LogP contribution in [0.5, 0.6) is 0 Å². The molecule has 0 aliphatic heterocycles. The summed E-state index contributed by atoms with van der Waals surface area (Å²) < 4.78 is 13.7. The second-order valence-electron chi connectivity index (χ2n) is 4.00. The zero-order valence-corrected chi connectivity index (χ0v) is 10.5. The molecule has 0 bridgehead atoms. The Balaban J connectivity index is 2.71. The van der Waals surface area contributed by atoms with E-state index in [-0.39, 0.29) is 5.82 Å². The van der Waals surface area contributed by atoms with Crippen LogP contribution < -0.4 is 4.90 Å². The number of aldehydes is 1. The number of benzene rings is 1. The van der Waals surface area contributed by atoms with Crippen molar-refractivity contribution in [3.63, 3.8) is 0 Å². The minimum absolute atomic E-state index is 0.310. The molecule has 0 atom stereocenters. The lowest BCUT2D eigenvalue weighted by Crippen LogP contribution is -2.24. The smallest absolute Gasteiger partial charge is 0.153 e. The largest absolute Gasteiger partial charge is 0.357 e. The average molecular weight is 246 g/mol. The van der Waals surface area contributed by atoms with Gasteiger partial charge < -0.3 is 4.90 Å². The van der Waals surface area contributed by atoms with Crippen molar-refractivity contribution in [2.75, 3.05) is 18.0 Å². The highest BCUT2D eigenvalue weighted by Gasteiger charge is 2.13. The van der Waals surface area contributed by atoms with E-state index in [2.05, 4.69) is 4.98 Å². The summed E-state index contributed by atoms with van der Waals surface area (Å²) in [6, 6.07) is 6.43. The molecule has 18 heavy (non-hydrogen) atoms. The number of rotatable bonds is 4. The van der Waals surface area contributed by atoms with Crippen molar-refractivity contribution < 1.29 is 9.18 Å². The number of carbonyl (C=O) groups is 1. The maximum Gasteiger partial charge on any atom is 0.153 e. The van der Waals surface area contributed by atoms with E-state index in [4.69, 9.17) is 0 Å². The molecule has 0 aliphatic rings. The predicted molar refractivity (Wildman–Crippen MR) is 70.6 cm³/mol. The third-order valence-electron chi connectivity index (χ3n) is 2.99. The van der Waals surface area contributed by atoms with Crippen LogP contribution in [0.1, 0.15) is 24.2 Å². The molecule has 0 saturated heterocycles. The van der Waals surface area contributed by atoms with Gasteiger partial charge in [0.2, 0.25) is 0 Å². The van der Waals surface area contributed by atoms with Crippen LogP contribution in [-0.4, -0.2) is 24.4 Å². The predicted octanol–water partition coefficient (Wildman–Crippen LogP) is 3.03. The first-order valence-electron chi connectivity index (χ1n) is 6.00. The summed E-state index contributed by atoms with van der Waals surface area (Å²) in [5.74, 6) is 0.186. The zero-order chi connectivity index (χ0) is 13.1. The molecule has 2 rings (SSSR count). The summed E-state index contributed by atoms with van der Waals surface area (Å²) in [4.78, 5) is 17.4. The molecule has 0 saturated carbocycles. The Morgan fingerprint density at radius 2 is 2.06 bits per heavy atom. The number of nitrogens with zero attached hydrogens (tertiary/aromatic N) is 2. The van der Waals surface area contributed by atoms with E-state index in [0.717, 1.165) is 19.4 Å². The van der Waals surface area contributed by atoms with E-state index >= 15 is 0 Å². The number of fused-ring (bicyclic) bond motifs is 1. The van der Waals surface area contributed by atoms with Crippen LogP contribution >= 0.6 is 0 Å². The maximum absolute atomic E-state index is 13.7. The van der Waals surface area contributed by atoms with Crippen molar-refractivity contribution in [1.82, 2.24) is 4.98 Å². The third-order valence-corrected chi connectivity index (χ3v) is 2.99. The second-order valence-corrected chi connectivity index (χ2v) is 4.00. The Hall–Kier alpha value is -1.97. The Labute approximate surface area is 105 Å². The summed E-state index contributed by atoms with van der Waals surface area (Å²) in [7, 11) is 0. The van der Waals surface area contributed by atoms with Crippen LogP contribution in [-0.2, 0) is 0 Å². The summed E-state index contributed by atoms with van der Waals surface area (Å²) in [5, 5.41) is 0.646. The monoisotopic (exact) mass is 246 g/mol. The van der Waals surface area contributed by atoms with Gasteiger partial charge in [0.1, 0.15) is 17.2 Å². The van der Waals surface area contributed by atoms with E-state index in [0.29, 0.717) is 22.3 Å². The first-order valence-corrected chi connectivity index (χ1v) is 6.00. The number of anilines is 1. The van der Waals surface area contributed by atoms with Gasteiger partial charge in [-0.25, -0.2) is 9.37 Å². The normalized spacial score (nSPS) is 10.6. The molecule has 0 radical (unpaired) electrons. The number of aromatic nitrogens is 1. The van der Waals surface area contributed by atoms with E-state index in [1.165, 1.54) is 6.07 Å². The zero-order valence-electron chi connectivity index (χ0n) is 10.5. The molecule has 0 amide bonds. The Kier molecular flexibility index (Phi) is 3.55. The molecular formula is C14H15FN2O. The van der Waals surface area contributed by atoms with Gasteiger partial charge >= 0.3 is 0 Å². The fraction of sp³-hybridized carbons (Fsp3) is 0.286. The molecule has 0 unspecified atom stereocenters. The lowest BCUT2D eigenvalue weighted by Gasteiger charge is -2.21. The highest BCUT2D eigenvalue weighted by atomic mass is 19.1. The van der Waals surface area contributed by atoms with Crippen LogP contribution in [0.25, 0.3) is 10.9 Å². The average Bonchev–Trinajstić information content (AvgIpc) is 2.40. The fourth-order valence-corrected chi connectivity index (χ4v) is 2.03. The highest BCUT2D eigenvalue weighted by Crippen LogP contribution is 2.24. The summed E-state index contributed by atoms with van der Waals surface area (Å²) >= 11 is 0. The molecule has 3 nitrogen and oxygen atoms in total. The number of halogens is 1. The van der Waals surface area contributed by atoms with Crippen molar-refractivity contribution in [2.24, 2.45) is 0 Å². The van der Waals surface area contributed by atoms with E-state index in [1.807, 2.05) is 18.7 Å². The van der Waals surface area contributed by atoms with Crippen LogP contribution in [0.3, 0.4) is 0 Å². The first kappa shape index (κ1) is 12.5. The quantitative estimate of drug-likeness (QED) is 0.777.